The second-order valence-electron chi connectivity index (χ2n) is 6.78. The highest BCUT2D eigenvalue weighted by Gasteiger charge is 2.24. The van der Waals surface area contributed by atoms with Gasteiger partial charge in [0.05, 0.1) is 44.0 Å². The summed E-state index contributed by atoms with van der Waals surface area (Å²) in [5.41, 5.74) is 1.97. The molecule has 2 aromatic rings. The number of hydrogen-bond donors (Lipinski definition) is 0. The number of hydrogen-bond acceptors (Lipinski definition) is 8. The molecule has 0 fully saturated rings. The zero-order chi connectivity index (χ0) is 26.2. The first-order valence-electron chi connectivity index (χ1n) is 11.3. The van der Waals surface area contributed by atoms with E-state index in [1.807, 2.05) is 0 Å². The van der Waals surface area contributed by atoms with Gasteiger partial charge in [0.25, 0.3) is 0 Å². The van der Waals surface area contributed by atoms with Crippen LogP contribution in [0.1, 0.15) is 64.4 Å². The molecule has 0 saturated carbocycles. The normalized spacial score (nSPS) is 10.8. The van der Waals surface area contributed by atoms with Crippen LogP contribution in [0.5, 0.6) is 0 Å². The molecule has 35 heavy (non-hydrogen) atoms. The molecule has 0 N–H and O–H groups in total. The fourth-order valence-corrected chi connectivity index (χ4v) is 3.44. The van der Waals surface area contributed by atoms with Gasteiger partial charge in [-0.25, -0.2) is 9.59 Å². The molecule has 0 heterocycles. The van der Waals surface area contributed by atoms with Gasteiger partial charge in [-0.15, -0.1) is 0 Å². The van der Waals surface area contributed by atoms with Crippen LogP contribution in [0.15, 0.2) is 48.5 Å². The molecule has 0 aromatic heterocycles. The van der Waals surface area contributed by atoms with Crippen LogP contribution in [-0.4, -0.2) is 50.3 Å². The molecule has 2 rings (SSSR count). The van der Waals surface area contributed by atoms with Gasteiger partial charge < -0.3 is 18.9 Å². The largest absolute Gasteiger partial charge is 0.466 e. The van der Waals surface area contributed by atoms with Crippen LogP contribution in [0.25, 0.3) is 0 Å². The van der Waals surface area contributed by atoms with Crippen molar-refractivity contribution in [3.8, 4) is 0 Å². The lowest BCUT2D eigenvalue weighted by Crippen LogP contribution is -2.15. The molecule has 0 aliphatic rings. The van der Waals surface area contributed by atoms with Crippen molar-refractivity contribution < 1.29 is 38.1 Å². The highest BCUT2D eigenvalue weighted by atomic mass is 79.9. The zero-order valence-corrected chi connectivity index (χ0v) is 22.0. The van der Waals surface area contributed by atoms with E-state index in [0.717, 1.165) is 0 Å². The number of alkyl halides is 1. The Morgan fingerprint density at radius 3 is 1.74 bits per heavy atom. The summed E-state index contributed by atoms with van der Waals surface area (Å²) in [6.45, 7) is 8.18. The van der Waals surface area contributed by atoms with E-state index in [9.17, 15) is 19.2 Å². The second kappa shape index (κ2) is 16.4. The molecule has 0 saturated heterocycles. The average molecular weight is 551 g/mol. The summed E-state index contributed by atoms with van der Waals surface area (Å²) >= 11 is 3.24. The Morgan fingerprint density at radius 2 is 1.17 bits per heavy atom. The molecule has 0 spiro atoms. The molecular formula is C26H31BrO8. The van der Waals surface area contributed by atoms with Gasteiger partial charge in [0, 0.05) is 0 Å². The van der Waals surface area contributed by atoms with Gasteiger partial charge >= 0.3 is 23.9 Å². The Labute approximate surface area is 214 Å². The standard InChI is InChI=1S/C13H15BrO4.C13H16O4/c1-3-17-12(15)10-8-6-5-7-9(10)11(14)13(16)18-4-2;1-3-16-12(14)9-10-7-5-6-8-11(10)13(15)17-4-2/h5-8,11H,3-4H2,1-2H3;5-8H,3-4,9H2,1-2H3. The maximum absolute atomic E-state index is 11.8. The van der Waals surface area contributed by atoms with E-state index in [4.69, 9.17) is 18.9 Å². The molecule has 9 heteroatoms. The number of carbonyl (C=O) groups is 4. The van der Waals surface area contributed by atoms with Crippen LogP contribution >= 0.6 is 15.9 Å². The molecule has 0 aliphatic carbocycles. The van der Waals surface area contributed by atoms with E-state index in [1.54, 1.807) is 76.2 Å². The molecule has 0 amide bonds. The molecule has 8 nitrogen and oxygen atoms in total. The summed E-state index contributed by atoms with van der Waals surface area (Å²) in [4.78, 5) is 45.7. The molecule has 190 valence electrons. The molecule has 1 atom stereocenters. The number of halogens is 1. The highest BCUT2D eigenvalue weighted by molar-refractivity contribution is 9.09. The first kappa shape index (κ1) is 29.8. The Balaban J connectivity index is 0.000000351. The minimum absolute atomic E-state index is 0.0861. The number of ether oxygens (including phenoxy) is 4. The van der Waals surface area contributed by atoms with Gasteiger partial charge in [-0.1, -0.05) is 52.3 Å². The van der Waals surface area contributed by atoms with Crippen molar-refractivity contribution in [2.45, 2.75) is 38.9 Å². The maximum Gasteiger partial charge on any atom is 0.338 e. The minimum atomic E-state index is -0.668. The van der Waals surface area contributed by atoms with Crippen molar-refractivity contribution in [1.82, 2.24) is 0 Å². The SMILES string of the molecule is CCOC(=O)Cc1ccccc1C(=O)OCC.CCOC(=O)c1ccccc1C(Br)C(=O)OCC. The fraction of sp³-hybridized carbons (Fsp3) is 0.385. The predicted octanol–water partition coefficient (Wildman–Crippen LogP) is 4.83. The molecule has 1 unspecified atom stereocenters. The lowest BCUT2D eigenvalue weighted by molar-refractivity contribution is -0.143. The summed E-state index contributed by atoms with van der Waals surface area (Å²) in [6.07, 6.45) is 0.0861. The van der Waals surface area contributed by atoms with Crippen molar-refractivity contribution in [3.63, 3.8) is 0 Å². The van der Waals surface area contributed by atoms with E-state index in [0.29, 0.717) is 48.7 Å². The van der Waals surface area contributed by atoms with Crippen LogP contribution in [0.2, 0.25) is 0 Å². The van der Waals surface area contributed by atoms with E-state index >= 15 is 0 Å². The van der Waals surface area contributed by atoms with E-state index in [2.05, 4.69) is 15.9 Å². The summed E-state index contributed by atoms with van der Waals surface area (Å²) in [5, 5.41) is 0. The van der Waals surface area contributed by atoms with E-state index < -0.39 is 22.7 Å². The van der Waals surface area contributed by atoms with Crippen molar-refractivity contribution >= 4 is 39.8 Å². The predicted molar refractivity (Wildman–Crippen MR) is 133 cm³/mol. The average Bonchev–Trinajstić information content (AvgIpc) is 2.85. The Morgan fingerprint density at radius 1 is 0.686 bits per heavy atom. The molecular weight excluding hydrogens is 520 g/mol. The lowest BCUT2D eigenvalue weighted by atomic mass is 10.0. The van der Waals surface area contributed by atoms with E-state index in [1.165, 1.54) is 0 Å². The Hall–Kier alpha value is -3.20. The minimum Gasteiger partial charge on any atom is -0.466 e. The van der Waals surface area contributed by atoms with Crippen LogP contribution in [0.4, 0.5) is 0 Å². The van der Waals surface area contributed by atoms with Crippen LogP contribution in [0, 0.1) is 0 Å². The first-order valence-corrected chi connectivity index (χ1v) is 12.2. The van der Waals surface area contributed by atoms with Gasteiger partial charge in [0.1, 0.15) is 4.83 Å². The van der Waals surface area contributed by atoms with Crippen molar-refractivity contribution in [1.29, 1.82) is 0 Å². The third-order valence-electron chi connectivity index (χ3n) is 4.38. The van der Waals surface area contributed by atoms with Crippen LogP contribution in [0.3, 0.4) is 0 Å². The number of carbonyl (C=O) groups excluding carboxylic acids is 4. The first-order chi connectivity index (χ1) is 16.8. The highest BCUT2D eigenvalue weighted by Crippen LogP contribution is 2.27. The van der Waals surface area contributed by atoms with Gasteiger partial charge in [0.2, 0.25) is 0 Å². The van der Waals surface area contributed by atoms with Gasteiger partial charge in [-0.3, -0.25) is 9.59 Å². The quantitative estimate of drug-likeness (QED) is 0.235. The number of esters is 4. The smallest absolute Gasteiger partial charge is 0.338 e. The van der Waals surface area contributed by atoms with Crippen molar-refractivity contribution in [2.24, 2.45) is 0 Å². The van der Waals surface area contributed by atoms with Crippen LogP contribution < -0.4 is 0 Å². The molecule has 0 bridgehead atoms. The monoisotopic (exact) mass is 550 g/mol. The number of benzene rings is 2. The third-order valence-corrected chi connectivity index (χ3v) is 5.24. The summed E-state index contributed by atoms with van der Waals surface area (Å²) in [7, 11) is 0. The van der Waals surface area contributed by atoms with Crippen LogP contribution in [-0.2, 0) is 35.0 Å². The Bertz CT molecular complexity index is 989. The summed E-state index contributed by atoms with van der Waals surface area (Å²) in [5.74, 6) is -1.62. The van der Waals surface area contributed by atoms with Gasteiger partial charge in [0.15, 0.2) is 0 Å². The van der Waals surface area contributed by atoms with Gasteiger partial charge in [-0.2, -0.15) is 0 Å². The van der Waals surface area contributed by atoms with Crippen molar-refractivity contribution in [3.05, 3.63) is 70.8 Å². The fourth-order valence-electron chi connectivity index (χ4n) is 2.91. The Kier molecular flexibility index (Phi) is 14.0. The van der Waals surface area contributed by atoms with Gasteiger partial charge in [-0.05, 0) is 51.0 Å². The number of rotatable bonds is 10. The van der Waals surface area contributed by atoms with Crippen molar-refractivity contribution in [2.75, 3.05) is 26.4 Å². The molecule has 2 aromatic carbocycles. The zero-order valence-electron chi connectivity index (χ0n) is 20.4. The summed E-state index contributed by atoms with van der Waals surface area (Å²) < 4.78 is 19.6. The summed E-state index contributed by atoms with van der Waals surface area (Å²) in [6, 6.07) is 13.7. The second-order valence-corrected chi connectivity index (χ2v) is 7.70. The maximum atomic E-state index is 11.8. The lowest BCUT2D eigenvalue weighted by Gasteiger charge is -2.13. The topological polar surface area (TPSA) is 105 Å². The van der Waals surface area contributed by atoms with E-state index in [-0.39, 0.29) is 12.4 Å². The molecule has 0 radical (unpaired) electrons. The molecule has 0 aliphatic heterocycles. The third kappa shape index (κ3) is 9.90.